The highest BCUT2D eigenvalue weighted by Crippen LogP contribution is 2.33. The highest BCUT2D eigenvalue weighted by molar-refractivity contribution is 6.33. The molecule has 2 aliphatic heterocycles. The molecule has 1 aromatic heterocycles. The van der Waals surface area contributed by atoms with Gasteiger partial charge in [-0.15, -0.1) is 0 Å². The zero-order valence-electron chi connectivity index (χ0n) is 16.2. The standard InChI is InChI=1S/C20H15ClN6O4/c1-30-12-8-6-11(7-9-12)27-19(28)16-17(20(27)29)26(25-23-16)10-15-22-18(24-31-15)13-4-2-3-5-14(13)21/h2-9,16-17H,10H2,1H3/t16-,17-/m1/s1. The van der Waals surface area contributed by atoms with Crippen LogP contribution in [0.2, 0.25) is 5.02 Å². The Morgan fingerprint density at radius 3 is 2.61 bits per heavy atom. The van der Waals surface area contributed by atoms with Gasteiger partial charge in [-0.25, -0.2) is 4.90 Å². The molecule has 2 amide bonds. The van der Waals surface area contributed by atoms with Gasteiger partial charge in [-0.1, -0.05) is 34.1 Å². The van der Waals surface area contributed by atoms with E-state index in [1.54, 1.807) is 49.6 Å². The van der Waals surface area contributed by atoms with Crippen molar-refractivity contribution in [1.29, 1.82) is 0 Å². The van der Waals surface area contributed by atoms with Gasteiger partial charge in [0.05, 0.1) is 17.8 Å². The third-order valence-electron chi connectivity index (χ3n) is 5.07. The lowest BCUT2D eigenvalue weighted by Gasteiger charge is -2.19. The number of nitrogens with zero attached hydrogens (tertiary/aromatic N) is 6. The van der Waals surface area contributed by atoms with Crippen LogP contribution >= 0.6 is 11.6 Å². The van der Waals surface area contributed by atoms with E-state index in [9.17, 15) is 9.59 Å². The lowest BCUT2D eigenvalue weighted by molar-refractivity contribution is -0.123. The zero-order chi connectivity index (χ0) is 21.5. The van der Waals surface area contributed by atoms with Gasteiger partial charge in [-0.05, 0) is 36.4 Å². The molecule has 2 atom stereocenters. The molecule has 11 heteroatoms. The van der Waals surface area contributed by atoms with Crippen molar-refractivity contribution in [2.24, 2.45) is 10.3 Å². The van der Waals surface area contributed by atoms with Gasteiger partial charge < -0.3 is 9.26 Å². The van der Waals surface area contributed by atoms with E-state index >= 15 is 0 Å². The number of rotatable bonds is 5. The Hall–Kier alpha value is -3.79. The number of fused-ring (bicyclic) bond motifs is 1. The monoisotopic (exact) mass is 438 g/mol. The molecule has 0 unspecified atom stereocenters. The Kier molecular flexibility index (Phi) is 4.63. The van der Waals surface area contributed by atoms with Crippen LogP contribution in [-0.2, 0) is 16.1 Å². The molecule has 10 nitrogen and oxygen atoms in total. The first-order valence-electron chi connectivity index (χ1n) is 9.33. The van der Waals surface area contributed by atoms with Crippen molar-refractivity contribution in [2.75, 3.05) is 12.0 Å². The summed E-state index contributed by atoms with van der Waals surface area (Å²) in [6.45, 7) is 0.0254. The molecule has 31 heavy (non-hydrogen) atoms. The zero-order valence-corrected chi connectivity index (χ0v) is 16.9. The van der Waals surface area contributed by atoms with Crippen LogP contribution in [0.5, 0.6) is 5.75 Å². The molecular formula is C20H15ClN6O4. The minimum Gasteiger partial charge on any atom is -0.497 e. The highest BCUT2D eigenvalue weighted by Gasteiger charge is 2.55. The van der Waals surface area contributed by atoms with Crippen LogP contribution in [0.4, 0.5) is 5.69 Å². The summed E-state index contributed by atoms with van der Waals surface area (Å²) in [5.74, 6) is 0.305. The highest BCUT2D eigenvalue weighted by atomic mass is 35.5. The van der Waals surface area contributed by atoms with Crippen LogP contribution in [0, 0.1) is 0 Å². The molecule has 1 saturated heterocycles. The lowest BCUT2D eigenvalue weighted by atomic mass is 10.1. The predicted octanol–water partition coefficient (Wildman–Crippen LogP) is 2.89. The molecule has 0 bridgehead atoms. The van der Waals surface area contributed by atoms with Gasteiger partial charge >= 0.3 is 0 Å². The summed E-state index contributed by atoms with van der Waals surface area (Å²) in [5, 5.41) is 13.8. The van der Waals surface area contributed by atoms with Crippen LogP contribution in [0.3, 0.4) is 0 Å². The number of anilines is 1. The Bertz CT molecular complexity index is 1190. The second-order valence-corrected chi connectivity index (χ2v) is 7.30. The number of imide groups is 1. The third-order valence-corrected chi connectivity index (χ3v) is 5.40. The van der Waals surface area contributed by atoms with Crippen LogP contribution < -0.4 is 9.64 Å². The largest absolute Gasteiger partial charge is 0.497 e. The fraction of sp³-hybridized carbons (Fsp3) is 0.200. The summed E-state index contributed by atoms with van der Waals surface area (Å²) < 4.78 is 10.4. The van der Waals surface area contributed by atoms with E-state index in [0.717, 1.165) is 4.90 Å². The normalized spacial score (nSPS) is 19.9. The molecule has 1 fully saturated rings. The number of benzene rings is 2. The summed E-state index contributed by atoms with van der Waals surface area (Å²) in [4.78, 5) is 31.3. The molecule has 3 heterocycles. The van der Waals surface area contributed by atoms with Gasteiger partial charge in [0, 0.05) is 5.56 Å². The number of methoxy groups -OCH3 is 1. The van der Waals surface area contributed by atoms with Crippen molar-refractivity contribution < 1.29 is 18.8 Å². The van der Waals surface area contributed by atoms with Crippen LogP contribution in [-0.4, -0.2) is 46.2 Å². The van der Waals surface area contributed by atoms with E-state index in [4.69, 9.17) is 20.9 Å². The molecule has 0 spiro atoms. The van der Waals surface area contributed by atoms with Gasteiger partial charge in [0.1, 0.15) is 12.3 Å². The summed E-state index contributed by atoms with van der Waals surface area (Å²) in [6.07, 6.45) is 0. The molecule has 5 rings (SSSR count). The second kappa shape index (κ2) is 7.47. The lowest BCUT2D eigenvalue weighted by Crippen LogP contribution is -2.39. The van der Waals surface area contributed by atoms with E-state index in [1.165, 1.54) is 5.01 Å². The number of hydrogen-bond acceptors (Lipinski definition) is 9. The van der Waals surface area contributed by atoms with Crippen molar-refractivity contribution in [3.63, 3.8) is 0 Å². The Labute approximate surface area is 181 Å². The molecule has 0 radical (unpaired) electrons. The first kappa shape index (κ1) is 19.2. The maximum atomic E-state index is 13.1. The third kappa shape index (κ3) is 3.21. The van der Waals surface area contributed by atoms with E-state index < -0.39 is 23.9 Å². The molecular weight excluding hydrogens is 424 g/mol. The van der Waals surface area contributed by atoms with Gasteiger partial charge in [-0.2, -0.15) is 10.1 Å². The number of hydrogen-bond donors (Lipinski definition) is 0. The van der Waals surface area contributed by atoms with Crippen molar-refractivity contribution in [3.8, 4) is 17.1 Å². The fourth-order valence-electron chi connectivity index (χ4n) is 3.55. The van der Waals surface area contributed by atoms with Crippen molar-refractivity contribution >= 4 is 29.1 Å². The molecule has 0 aliphatic carbocycles. The molecule has 2 aromatic carbocycles. The fourth-order valence-corrected chi connectivity index (χ4v) is 3.77. The Morgan fingerprint density at radius 2 is 1.87 bits per heavy atom. The van der Waals surface area contributed by atoms with Gasteiger partial charge in [-0.3, -0.25) is 14.6 Å². The predicted molar refractivity (Wildman–Crippen MR) is 108 cm³/mol. The Balaban J connectivity index is 1.36. The number of ether oxygens (including phenoxy) is 1. The van der Waals surface area contributed by atoms with Crippen molar-refractivity contribution in [3.05, 3.63) is 59.4 Å². The van der Waals surface area contributed by atoms with Gasteiger partial charge in [0.15, 0.2) is 12.1 Å². The van der Waals surface area contributed by atoms with Crippen LogP contribution in [0.25, 0.3) is 11.4 Å². The second-order valence-electron chi connectivity index (χ2n) is 6.89. The average Bonchev–Trinajstić information content (AvgIpc) is 3.47. The van der Waals surface area contributed by atoms with Gasteiger partial charge in [0.25, 0.3) is 11.8 Å². The van der Waals surface area contributed by atoms with Crippen LogP contribution in [0.1, 0.15) is 5.89 Å². The number of halogens is 1. The molecule has 156 valence electrons. The summed E-state index contributed by atoms with van der Waals surface area (Å²) >= 11 is 6.18. The van der Waals surface area contributed by atoms with Gasteiger partial charge in [0.2, 0.25) is 11.7 Å². The summed E-state index contributed by atoms with van der Waals surface area (Å²) in [7, 11) is 1.54. The minimum absolute atomic E-state index is 0.0254. The first-order chi connectivity index (χ1) is 15.1. The molecule has 2 aliphatic rings. The number of carbonyl (C=O) groups excluding carboxylic acids is 2. The smallest absolute Gasteiger partial charge is 0.263 e. The number of aromatic nitrogens is 2. The van der Waals surface area contributed by atoms with E-state index in [2.05, 4.69) is 20.5 Å². The first-order valence-corrected chi connectivity index (χ1v) is 9.71. The van der Waals surface area contributed by atoms with Crippen LogP contribution in [0.15, 0.2) is 63.4 Å². The molecule has 0 N–H and O–H groups in total. The van der Waals surface area contributed by atoms with E-state index in [0.29, 0.717) is 27.8 Å². The van der Waals surface area contributed by atoms with Crippen molar-refractivity contribution in [1.82, 2.24) is 15.1 Å². The summed E-state index contributed by atoms with van der Waals surface area (Å²) in [5.41, 5.74) is 1.07. The number of amides is 2. The van der Waals surface area contributed by atoms with E-state index in [1.807, 2.05) is 6.07 Å². The SMILES string of the molecule is COc1ccc(N2C(=O)[C@@H]3N=NN(Cc4nc(-c5ccccc5Cl)no4)[C@H]3C2=O)cc1. The molecule has 3 aromatic rings. The Morgan fingerprint density at radius 1 is 1.10 bits per heavy atom. The number of carbonyl (C=O) groups is 2. The molecule has 0 saturated carbocycles. The summed E-state index contributed by atoms with van der Waals surface area (Å²) in [6, 6.07) is 12.0. The van der Waals surface area contributed by atoms with E-state index in [-0.39, 0.29) is 12.4 Å². The maximum absolute atomic E-state index is 13.1. The topological polar surface area (TPSA) is 113 Å². The quantitative estimate of drug-likeness (QED) is 0.562. The maximum Gasteiger partial charge on any atom is 0.263 e. The average molecular weight is 439 g/mol. The van der Waals surface area contributed by atoms with Crippen molar-refractivity contribution in [2.45, 2.75) is 18.6 Å². The minimum atomic E-state index is -0.916.